The maximum absolute atomic E-state index is 12.4. The van der Waals surface area contributed by atoms with Gasteiger partial charge in [0.2, 0.25) is 5.91 Å². The van der Waals surface area contributed by atoms with Gasteiger partial charge in [-0.25, -0.2) is 4.68 Å². The van der Waals surface area contributed by atoms with Crippen molar-refractivity contribution in [2.45, 2.75) is 19.4 Å². The van der Waals surface area contributed by atoms with Crippen LogP contribution >= 0.6 is 23.2 Å². The topological polar surface area (TPSA) is 122 Å². The number of halogens is 2. The van der Waals surface area contributed by atoms with Gasteiger partial charge < -0.3 is 4.74 Å². The Morgan fingerprint density at radius 3 is 2.45 bits per heavy atom. The molecule has 2 amide bonds. The zero-order valence-electron chi connectivity index (χ0n) is 16.1. The molecule has 0 unspecified atom stereocenters. The fraction of sp³-hybridized carbons (Fsp3) is 0.200. The molecule has 2 aromatic carbocycles. The van der Waals surface area contributed by atoms with E-state index in [1.54, 1.807) is 30.3 Å². The Balaban J connectivity index is 1.45. The van der Waals surface area contributed by atoms with Crippen molar-refractivity contribution in [1.82, 2.24) is 20.6 Å². The minimum absolute atomic E-state index is 0.0816. The first-order chi connectivity index (χ1) is 14.8. The predicted octanol–water partition coefficient (Wildman–Crippen LogP) is 2.00. The lowest BCUT2D eigenvalue weighted by molar-refractivity contribution is -0.129. The number of benzene rings is 2. The normalized spacial score (nSPS) is 10.6. The van der Waals surface area contributed by atoms with Crippen LogP contribution in [0, 0.1) is 0 Å². The Morgan fingerprint density at radius 2 is 1.71 bits per heavy atom. The van der Waals surface area contributed by atoms with E-state index >= 15 is 0 Å². The molecular formula is C20H18Cl2N4O5. The summed E-state index contributed by atoms with van der Waals surface area (Å²) in [6.07, 6.45) is 0.455. The highest BCUT2D eigenvalue weighted by atomic mass is 35.5. The fourth-order valence-electron chi connectivity index (χ4n) is 2.75. The Labute approximate surface area is 185 Å². The first-order valence-corrected chi connectivity index (χ1v) is 9.98. The Bertz CT molecular complexity index is 1240. The van der Waals surface area contributed by atoms with E-state index in [0.29, 0.717) is 22.2 Å². The minimum Gasteiger partial charge on any atom is -0.492 e. The maximum atomic E-state index is 12.4. The van der Waals surface area contributed by atoms with Crippen LogP contribution in [0.3, 0.4) is 0 Å². The largest absolute Gasteiger partial charge is 0.492 e. The molecule has 0 aliphatic heterocycles. The summed E-state index contributed by atoms with van der Waals surface area (Å²) in [6.45, 7) is -0.228. The molecule has 3 rings (SSSR count). The smallest absolute Gasteiger partial charge is 0.273 e. The van der Waals surface area contributed by atoms with Crippen molar-refractivity contribution in [3.8, 4) is 5.75 Å². The third-order valence-electron chi connectivity index (χ3n) is 4.23. The van der Waals surface area contributed by atoms with Gasteiger partial charge in [-0.05, 0) is 36.8 Å². The molecule has 3 N–H and O–H groups in total. The Morgan fingerprint density at radius 1 is 1.00 bits per heavy atom. The second kappa shape index (κ2) is 10.1. The molecule has 0 aliphatic rings. The summed E-state index contributed by atoms with van der Waals surface area (Å²) in [6, 6.07) is 11.1. The summed E-state index contributed by atoms with van der Waals surface area (Å²) in [5.74, 6) is -0.668. The number of carbonyl (C=O) groups is 2. The van der Waals surface area contributed by atoms with Crippen LogP contribution in [0.1, 0.15) is 12.8 Å². The number of aromatic nitrogens is 2. The summed E-state index contributed by atoms with van der Waals surface area (Å²) in [4.78, 5) is 48.3. The van der Waals surface area contributed by atoms with Crippen molar-refractivity contribution in [2.24, 2.45) is 0 Å². The van der Waals surface area contributed by atoms with Gasteiger partial charge >= 0.3 is 0 Å². The average Bonchev–Trinajstić information content (AvgIpc) is 2.74. The lowest BCUT2D eigenvalue weighted by atomic mass is 10.2. The van der Waals surface area contributed by atoms with E-state index in [9.17, 15) is 19.2 Å². The molecule has 31 heavy (non-hydrogen) atoms. The Hall–Kier alpha value is -3.30. The van der Waals surface area contributed by atoms with Crippen molar-refractivity contribution in [1.29, 1.82) is 0 Å². The van der Waals surface area contributed by atoms with Crippen LogP contribution in [-0.4, -0.2) is 28.2 Å². The van der Waals surface area contributed by atoms with Crippen LogP contribution in [0.4, 0.5) is 0 Å². The lowest BCUT2D eigenvalue weighted by Gasteiger charge is -2.10. The third kappa shape index (κ3) is 5.87. The second-order valence-electron chi connectivity index (χ2n) is 6.50. The molecule has 1 heterocycles. The number of hydrazine groups is 1. The highest BCUT2D eigenvalue weighted by Crippen LogP contribution is 2.27. The van der Waals surface area contributed by atoms with Crippen LogP contribution in [0.5, 0.6) is 5.75 Å². The quantitative estimate of drug-likeness (QED) is 0.364. The highest BCUT2D eigenvalue weighted by Gasteiger charge is 2.11. The molecule has 0 bridgehead atoms. The van der Waals surface area contributed by atoms with Crippen molar-refractivity contribution in [3.63, 3.8) is 0 Å². The summed E-state index contributed by atoms with van der Waals surface area (Å²) in [5.41, 5.74) is 3.44. The number of nitrogens with zero attached hydrogens (tertiary/aromatic N) is 1. The van der Waals surface area contributed by atoms with Gasteiger partial charge in [-0.2, -0.15) is 0 Å². The van der Waals surface area contributed by atoms with Gasteiger partial charge in [0.15, 0.2) is 0 Å². The zero-order valence-corrected chi connectivity index (χ0v) is 17.6. The monoisotopic (exact) mass is 464 g/mol. The van der Waals surface area contributed by atoms with E-state index in [-0.39, 0.29) is 23.8 Å². The summed E-state index contributed by atoms with van der Waals surface area (Å²) in [7, 11) is 0. The van der Waals surface area contributed by atoms with Crippen LogP contribution in [0.25, 0.3) is 10.8 Å². The van der Waals surface area contributed by atoms with Gasteiger partial charge in [-0.15, -0.1) is 0 Å². The van der Waals surface area contributed by atoms with Gasteiger partial charge in [-0.1, -0.05) is 35.3 Å². The minimum atomic E-state index is -0.675. The first-order valence-electron chi connectivity index (χ1n) is 9.22. The molecule has 0 radical (unpaired) electrons. The molecule has 3 aromatic rings. The number of ether oxygens (including phenoxy) is 1. The lowest BCUT2D eigenvalue weighted by Crippen LogP contribution is -2.45. The van der Waals surface area contributed by atoms with Crippen molar-refractivity contribution in [2.75, 3.05) is 6.61 Å². The molecule has 9 nitrogen and oxygen atoms in total. The SMILES string of the molecule is O=C(CCCOc1ccc(Cl)cc1Cl)NNC(=O)Cn1[nH]c(=O)c2ccccc2c1=O. The summed E-state index contributed by atoms with van der Waals surface area (Å²) >= 11 is 11.8. The van der Waals surface area contributed by atoms with Gasteiger partial charge in [0.05, 0.1) is 22.4 Å². The third-order valence-corrected chi connectivity index (χ3v) is 4.76. The standard InChI is InChI=1S/C20H18Cl2N4O5/c21-12-7-8-16(15(22)10-12)31-9-3-6-17(27)23-24-18(28)11-26-20(30)14-5-2-1-4-13(14)19(29)25-26/h1-2,4-5,7-8,10H,3,6,9,11H2,(H,23,27)(H,24,28)(H,25,29). The van der Waals surface area contributed by atoms with E-state index in [4.69, 9.17) is 27.9 Å². The molecule has 0 atom stereocenters. The summed E-state index contributed by atoms with van der Waals surface area (Å²) < 4.78 is 6.36. The number of amides is 2. The van der Waals surface area contributed by atoms with Crippen LogP contribution in [0.2, 0.25) is 10.0 Å². The molecule has 11 heteroatoms. The highest BCUT2D eigenvalue weighted by molar-refractivity contribution is 6.35. The molecule has 0 aliphatic carbocycles. The maximum Gasteiger partial charge on any atom is 0.273 e. The number of rotatable bonds is 7. The number of fused-ring (bicyclic) bond motifs is 1. The first kappa shape index (κ1) is 22.4. The summed E-state index contributed by atoms with van der Waals surface area (Å²) in [5, 5.41) is 3.63. The second-order valence-corrected chi connectivity index (χ2v) is 7.34. The molecule has 0 saturated carbocycles. The molecule has 0 fully saturated rings. The number of nitrogens with one attached hydrogen (secondary N) is 3. The Kier molecular flexibility index (Phi) is 7.32. The molecule has 1 aromatic heterocycles. The van der Waals surface area contributed by atoms with Gasteiger partial charge in [0.25, 0.3) is 17.0 Å². The van der Waals surface area contributed by atoms with E-state index < -0.39 is 29.5 Å². The van der Waals surface area contributed by atoms with E-state index in [1.807, 2.05) is 0 Å². The fourth-order valence-corrected chi connectivity index (χ4v) is 3.21. The molecule has 0 saturated heterocycles. The van der Waals surface area contributed by atoms with Crippen LogP contribution in [-0.2, 0) is 16.1 Å². The van der Waals surface area contributed by atoms with Crippen LogP contribution in [0.15, 0.2) is 52.1 Å². The molecule has 0 spiro atoms. The van der Waals surface area contributed by atoms with Crippen LogP contribution < -0.4 is 26.7 Å². The van der Waals surface area contributed by atoms with Gasteiger partial charge in [0.1, 0.15) is 12.3 Å². The van der Waals surface area contributed by atoms with Crippen molar-refractivity contribution >= 4 is 45.8 Å². The van der Waals surface area contributed by atoms with E-state index in [1.165, 1.54) is 12.1 Å². The zero-order chi connectivity index (χ0) is 22.4. The number of carbonyl (C=O) groups excluding carboxylic acids is 2. The molecular weight excluding hydrogens is 447 g/mol. The number of hydrogen-bond donors (Lipinski definition) is 3. The van der Waals surface area contributed by atoms with Crippen molar-refractivity contribution < 1.29 is 14.3 Å². The van der Waals surface area contributed by atoms with E-state index in [2.05, 4.69) is 16.0 Å². The number of hydrogen-bond acceptors (Lipinski definition) is 5. The van der Waals surface area contributed by atoms with E-state index in [0.717, 1.165) is 4.68 Å². The number of H-pyrrole nitrogens is 1. The predicted molar refractivity (Wildman–Crippen MR) is 116 cm³/mol. The van der Waals surface area contributed by atoms with Gasteiger partial charge in [0, 0.05) is 11.4 Å². The average molecular weight is 465 g/mol. The van der Waals surface area contributed by atoms with Crippen molar-refractivity contribution in [3.05, 3.63) is 73.2 Å². The van der Waals surface area contributed by atoms with Gasteiger partial charge in [-0.3, -0.25) is 35.1 Å². The number of aromatic amines is 1. The molecule has 162 valence electrons.